The van der Waals surface area contributed by atoms with Gasteiger partial charge in [0, 0.05) is 44.8 Å². The molecule has 5 heteroatoms. The molecule has 3 N–H and O–H groups in total. The third kappa shape index (κ3) is 5.06. The highest BCUT2D eigenvalue weighted by Crippen LogP contribution is 2.76. The van der Waals surface area contributed by atoms with Gasteiger partial charge >= 0.3 is 5.97 Å². The summed E-state index contributed by atoms with van der Waals surface area (Å²) in [5, 5.41) is 17.3. The second kappa shape index (κ2) is 11.8. The Labute approximate surface area is 285 Å². The van der Waals surface area contributed by atoms with Crippen molar-refractivity contribution in [2.75, 3.05) is 39.3 Å². The van der Waals surface area contributed by atoms with Gasteiger partial charge in [0.05, 0.1) is 5.56 Å². The molecule has 1 aromatic rings. The van der Waals surface area contributed by atoms with E-state index in [0.29, 0.717) is 34.1 Å². The van der Waals surface area contributed by atoms with E-state index in [0.717, 1.165) is 37.9 Å². The fourth-order valence-corrected chi connectivity index (χ4v) is 13.7. The van der Waals surface area contributed by atoms with Gasteiger partial charge in [-0.15, -0.1) is 0 Å². The van der Waals surface area contributed by atoms with Crippen molar-refractivity contribution in [3.63, 3.8) is 0 Å². The van der Waals surface area contributed by atoms with Crippen molar-refractivity contribution in [3.8, 4) is 0 Å². The number of piperazine rings is 1. The van der Waals surface area contributed by atoms with Crippen LogP contribution in [0.3, 0.4) is 0 Å². The molecule has 1 aliphatic heterocycles. The maximum Gasteiger partial charge on any atom is 0.335 e. The van der Waals surface area contributed by atoms with Crippen molar-refractivity contribution in [2.24, 2.45) is 51.2 Å². The minimum atomic E-state index is -0.852. The Bertz CT molecular complexity index is 1410. The van der Waals surface area contributed by atoms with Crippen LogP contribution in [0.2, 0.25) is 0 Å². The van der Waals surface area contributed by atoms with E-state index in [-0.39, 0.29) is 16.4 Å². The predicted molar refractivity (Wildman–Crippen MR) is 193 cm³/mol. The molecule has 9 atom stereocenters. The molecule has 0 spiro atoms. The van der Waals surface area contributed by atoms with Crippen LogP contribution in [0, 0.1) is 51.2 Å². The molecule has 1 heterocycles. The van der Waals surface area contributed by atoms with Crippen LogP contribution in [0.15, 0.2) is 42.5 Å². The van der Waals surface area contributed by atoms with Crippen LogP contribution in [-0.2, 0) is 0 Å². The summed E-state index contributed by atoms with van der Waals surface area (Å²) >= 11 is 0. The number of carboxylic acid groups (broad SMARTS) is 1. The number of hydrogen-bond donors (Lipinski definition) is 3. The highest BCUT2D eigenvalue weighted by atomic mass is 16.4. The molecule has 0 amide bonds. The highest BCUT2D eigenvalue weighted by Gasteiger charge is 2.70. The third-order valence-corrected chi connectivity index (χ3v) is 16.2. The summed E-state index contributed by atoms with van der Waals surface area (Å²) in [6, 6.07) is 7.66. The van der Waals surface area contributed by atoms with E-state index in [1.54, 1.807) is 12.1 Å². The molecule has 1 aromatic carbocycles. The Hall–Kier alpha value is -1.95. The molecule has 1 saturated heterocycles. The second-order valence-corrected chi connectivity index (χ2v) is 18.3. The Morgan fingerprint density at radius 2 is 1.66 bits per heavy atom. The lowest BCUT2D eigenvalue weighted by Gasteiger charge is -2.72. The van der Waals surface area contributed by atoms with Crippen LogP contribution in [-0.4, -0.2) is 60.8 Å². The summed E-state index contributed by atoms with van der Waals surface area (Å²) < 4.78 is 0. The number of nitrogens with one attached hydrogen (secondary N) is 2. The summed E-state index contributed by atoms with van der Waals surface area (Å²) in [5.41, 5.74) is 5.68. The quantitative estimate of drug-likeness (QED) is 0.262. The minimum Gasteiger partial charge on any atom is -0.478 e. The predicted octanol–water partition coefficient (Wildman–Crippen LogP) is 8.28. The van der Waals surface area contributed by atoms with Crippen LogP contribution in [0.5, 0.6) is 0 Å². The monoisotopic (exact) mass is 641 g/mol. The van der Waals surface area contributed by atoms with Crippen molar-refractivity contribution < 1.29 is 9.90 Å². The van der Waals surface area contributed by atoms with E-state index >= 15 is 0 Å². The van der Waals surface area contributed by atoms with E-state index in [1.165, 1.54) is 87.7 Å². The Morgan fingerprint density at radius 1 is 0.936 bits per heavy atom. The first kappa shape index (κ1) is 33.5. The molecule has 0 radical (unpaired) electrons. The first-order chi connectivity index (χ1) is 22.3. The number of aromatic carboxylic acids is 1. The maximum absolute atomic E-state index is 11.5. The molecule has 0 unspecified atom stereocenters. The summed E-state index contributed by atoms with van der Waals surface area (Å²) in [4.78, 5) is 14.2. The van der Waals surface area contributed by atoms with Gasteiger partial charge in [-0.3, -0.25) is 4.90 Å². The highest BCUT2D eigenvalue weighted by molar-refractivity contribution is 5.88. The SMILES string of the molecule is C=C(C)[C@@H]1CC[C@]2(NCCN3CCNCC3)CC[C@]3(C)[C@H](CC[C@@H]4[C@@]5(C)CC=C(c6ccc(C(=O)O)cc6)C(C)(C)[C@@H]5CC[C@]43C)[C@@H]12. The fourth-order valence-electron chi connectivity index (χ4n) is 13.7. The van der Waals surface area contributed by atoms with Gasteiger partial charge in [-0.05, 0) is 139 Å². The Kier molecular flexibility index (Phi) is 8.45. The molecule has 7 rings (SSSR count). The average Bonchev–Trinajstić information content (AvgIpc) is 3.42. The standard InChI is InChI=1S/C42H63N3O2/c1-28(2)31-14-19-42(44-24-27-45-25-22-43-23-26-45)21-20-40(6)33(36(31)42)12-13-35-39(5)17-15-32(29-8-10-30(11-9-29)37(46)47)38(3,4)34(39)16-18-41(35,40)7/h8-11,15,31,33-36,43-44H,1,12-14,16-27H2,2-7H3,(H,46,47)/t31-,33+,34-,35+,36+,39-,40+,41+,42-/m0/s1. The first-order valence-corrected chi connectivity index (χ1v) is 19.1. The smallest absolute Gasteiger partial charge is 0.335 e. The van der Waals surface area contributed by atoms with Crippen molar-refractivity contribution in [3.05, 3.63) is 53.6 Å². The molecule has 4 saturated carbocycles. The van der Waals surface area contributed by atoms with Crippen LogP contribution in [0.1, 0.15) is 115 Å². The average molecular weight is 642 g/mol. The first-order valence-electron chi connectivity index (χ1n) is 19.1. The molecular formula is C42H63N3O2. The van der Waals surface area contributed by atoms with E-state index in [1.807, 2.05) is 12.1 Å². The normalized spacial score (nSPS) is 42.8. The van der Waals surface area contributed by atoms with Gasteiger partial charge in [0.1, 0.15) is 0 Å². The number of nitrogens with zero attached hydrogens (tertiary/aromatic N) is 1. The second-order valence-electron chi connectivity index (χ2n) is 18.3. The molecular weight excluding hydrogens is 578 g/mol. The van der Waals surface area contributed by atoms with Crippen molar-refractivity contribution in [2.45, 2.75) is 105 Å². The number of hydrogen-bond acceptors (Lipinski definition) is 4. The number of carbonyl (C=O) groups is 1. The summed E-state index contributed by atoms with van der Waals surface area (Å²) in [7, 11) is 0. The third-order valence-electron chi connectivity index (χ3n) is 16.2. The van der Waals surface area contributed by atoms with Crippen LogP contribution < -0.4 is 10.6 Å². The zero-order valence-corrected chi connectivity index (χ0v) is 30.4. The molecule has 5 fully saturated rings. The fraction of sp³-hybridized carbons (Fsp3) is 0.738. The zero-order chi connectivity index (χ0) is 33.4. The summed E-state index contributed by atoms with van der Waals surface area (Å²) in [6.45, 7) is 27.0. The van der Waals surface area contributed by atoms with Gasteiger partial charge in [-0.25, -0.2) is 4.79 Å². The van der Waals surface area contributed by atoms with E-state index in [2.05, 4.69) is 69.7 Å². The van der Waals surface area contributed by atoms with Gasteiger partial charge in [0.25, 0.3) is 0 Å². The minimum absolute atomic E-state index is 0.0450. The number of carboxylic acids is 1. The molecule has 5 nitrogen and oxygen atoms in total. The van der Waals surface area contributed by atoms with Crippen molar-refractivity contribution in [1.29, 1.82) is 0 Å². The molecule has 0 bridgehead atoms. The number of allylic oxidation sites excluding steroid dienone is 3. The molecule has 6 aliphatic rings. The molecule has 47 heavy (non-hydrogen) atoms. The lowest BCUT2D eigenvalue weighted by molar-refractivity contribution is -0.219. The van der Waals surface area contributed by atoms with Gasteiger partial charge in [0.15, 0.2) is 0 Å². The number of rotatable bonds is 7. The molecule has 0 aromatic heterocycles. The summed E-state index contributed by atoms with van der Waals surface area (Å²) in [5.74, 6) is 2.59. The van der Waals surface area contributed by atoms with E-state index in [4.69, 9.17) is 0 Å². The topological polar surface area (TPSA) is 64.6 Å². The number of fused-ring (bicyclic) bond motifs is 7. The van der Waals surface area contributed by atoms with Gasteiger partial charge in [-0.2, -0.15) is 0 Å². The largest absolute Gasteiger partial charge is 0.478 e. The zero-order valence-electron chi connectivity index (χ0n) is 30.4. The van der Waals surface area contributed by atoms with Crippen LogP contribution >= 0.6 is 0 Å². The van der Waals surface area contributed by atoms with Gasteiger partial charge < -0.3 is 15.7 Å². The van der Waals surface area contributed by atoms with Crippen LogP contribution in [0.4, 0.5) is 0 Å². The van der Waals surface area contributed by atoms with Crippen LogP contribution in [0.25, 0.3) is 5.57 Å². The molecule has 258 valence electrons. The van der Waals surface area contributed by atoms with Crippen molar-refractivity contribution in [1.82, 2.24) is 15.5 Å². The van der Waals surface area contributed by atoms with Crippen molar-refractivity contribution >= 4 is 11.5 Å². The Balaban J connectivity index is 1.17. The summed E-state index contributed by atoms with van der Waals surface area (Å²) in [6.07, 6.45) is 14.3. The lowest BCUT2D eigenvalue weighted by atomic mass is 9.33. The lowest BCUT2D eigenvalue weighted by Crippen LogP contribution is -2.68. The van der Waals surface area contributed by atoms with E-state index in [9.17, 15) is 9.90 Å². The number of benzene rings is 1. The molecule has 5 aliphatic carbocycles. The Morgan fingerprint density at radius 3 is 2.34 bits per heavy atom. The van der Waals surface area contributed by atoms with Gasteiger partial charge in [0.2, 0.25) is 0 Å². The van der Waals surface area contributed by atoms with E-state index < -0.39 is 5.97 Å². The van der Waals surface area contributed by atoms with Gasteiger partial charge in [-0.1, -0.05) is 65.0 Å². The maximum atomic E-state index is 11.5.